The Morgan fingerprint density at radius 1 is 1.10 bits per heavy atom. The fraction of sp³-hybridized carbons (Fsp3) is 0.143. The van der Waals surface area contributed by atoms with Crippen LogP contribution in [-0.4, -0.2) is 19.1 Å². The molecule has 20 heavy (non-hydrogen) atoms. The molecule has 0 amide bonds. The van der Waals surface area contributed by atoms with Gasteiger partial charge >= 0.3 is 10.1 Å². The Labute approximate surface area is 118 Å². The van der Waals surface area contributed by atoms with E-state index in [1.807, 2.05) is 6.92 Å². The average molecular weight is 290 g/mol. The molecule has 0 saturated heterocycles. The van der Waals surface area contributed by atoms with Crippen LogP contribution in [-0.2, 0) is 14.4 Å². The molecule has 1 heterocycles. The third kappa shape index (κ3) is 3.42. The summed E-state index contributed by atoms with van der Waals surface area (Å²) >= 11 is 0. The second kappa shape index (κ2) is 5.83. The molecule has 0 N–H and O–H groups in total. The Kier molecular flexibility index (Phi) is 4.14. The first-order chi connectivity index (χ1) is 9.49. The van der Waals surface area contributed by atoms with E-state index in [0.29, 0.717) is 5.71 Å². The van der Waals surface area contributed by atoms with Crippen molar-refractivity contribution in [3.63, 3.8) is 0 Å². The lowest BCUT2D eigenvalue weighted by atomic mass is 10.2. The molecule has 5 nitrogen and oxygen atoms in total. The first-order valence-corrected chi connectivity index (χ1v) is 7.35. The third-order valence-electron chi connectivity index (χ3n) is 2.68. The van der Waals surface area contributed by atoms with Crippen LogP contribution in [0.25, 0.3) is 0 Å². The molecule has 6 heteroatoms. The normalized spacial score (nSPS) is 12.2. The van der Waals surface area contributed by atoms with Crippen molar-refractivity contribution in [1.29, 1.82) is 0 Å². The fourth-order valence-electron chi connectivity index (χ4n) is 1.50. The van der Waals surface area contributed by atoms with Crippen LogP contribution in [0.1, 0.15) is 18.1 Å². The number of aryl methyl sites for hydroxylation is 1. The molecular weight excluding hydrogens is 276 g/mol. The van der Waals surface area contributed by atoms with E-state index in [2.05, 4.69) is 10.1 Å². The van der Waals surface area contributed by atoms with Crippen molar-refractivity contribution in [3.05, 3.63) is 59.9 Å². The molecule has 1 aromatic heterocycles. The van der Waals surface area contributed by atoms with Crippen LogP contribution in [0, 0.1) is 6.92 Å². The number of benzene rings is 1. The zero-order valence-corrected chi connectivity index (χ0v) is 12.0. The highest BCUT2D eigenvalue weighted by Gasteiger charge is 2.15. The van der Waals surface area contributed by atoms with Gasteiger partial charge in [0.25, 0.3) is 0 Å². The molecule has 2 rings (SSSR count). The number of rotatable bonds is 4. The molecule has 0 bridgehead atoms. The number of hydrogen-bond acceptors (Lipinski definition) is 5. The van der Waals surface area contributed by atoms with Gasteiger partial charge in [-0.15, -0.1) is 0 Å². The van der Waals surface area contributed by atoms with E-state index in [0.717, 1.165) is 11.1 Å². The van der Waals surface area contributed by atoms with Gasteiger partial charge in [-0.3, -0.25) is 9.27 Å². The Bertz CT molecular complexity index is 708. The molecule has 0 radical (unpaired) electrons. The maximum absolute atomic E-state index is 11.9. The number of oxime groups is 1. The molecule has 0 unspecified atom stereocenters. The fourth-order valence-corrected chi connectivity index (χ4v) is 2.26. The first kappa shape index (κ1) is 14.2. The summed E-state index contributed by atoms with van der Waals surface area (Å²) in [5, 5.41) is 3.67. The van der Waals surface area contributed by atoms with Crippen LogP contribution >= 0.6 is 0 Å². The van der Waals surface area contributed by atoms with Gasteiger partial charge in [0, 0.05) is 18.0 Å². The molecule has 0 saturated carbocycles. The van der Waals surface area contributed by atoms with Crippen LogP contribution in [0.4, 0.5) is 0 Å². The maximum Gasteiger partial charge on any atom is 0.358 e. The summed E-state index contributed by atoms with van der Waals surface area (Å²) in [6.45, 7) is 3.54. The van der Waals surface area contributed by atoms with E-state index in [-0.39, 0.29) is 4.90 Å². The van der Waals surface area contributed by atoms with Crippen LogP contribution in [0.5, 0.6) is 0 Å². The first-order valence-electron chi connectivity index (χ1n) is 5.94. The van der Waals surface area contributed by atoms with Crippen molar-refractivity contribution >= 4 is 15.8 Å². The van der Waals surface area contributed by atoms with Crippen molar-refractivity contribution < 1.29 is 12.7 Å². The topological polar surface area (TPSA) is 68.6 Å². The van der Waals surface area contributed by atoms with E-state index >= 15 is 0 Å². The van der Waals surface area contributed by atoms with Gasteiger partial charge < -0.3 is 0 Å². The predicted molar refractivity (Wildman–Crippen MR) is 75.9 cm³/mol. The Morgan fingerprint density at radius 3 is 2.30 bits per heavy atom. The molecule has 104 valence electrons. The predicted octanol–water partition coefficient (Wildman–Crippen LogP) is 2.52. The molecule has 0 aliphatic heterocycles. The molecule has 0 spiro atoms. The highest BCUT2D eigenvalue weighted by atomic mass is 32.2. The summed E-state index contributed by atoms with van der Waals surface area (Å²) < 4.78 is 28.6. The van der Waals surface area contributed by atoms with Gasteiger partial charge in [0.05, 0.1) is 5.71 Å². The van der Waals surface area contributed by atoms with Gasteiger partial charge in [0.1, 0.15) is 4.90 Å². The zero-order chi connectivity index (χ0) is 14.6. The molecule has 0 aliphatic carbocycles. The third-order valence-corrected chi connectivity index (χ3v) is 3.80. The maximum atomic E-state index is 11.9. The molecular formula is C14H14N2O3S. The van der Waals surface area contributed by atoms with E-state index in [4.69, 9.17) is 4.28 Å². The molecule has 0 fully saturated rings. The number of nitrogens with zero attached hydrogens (tertiary/aromatic N) is 2. The minimum atomic E-state index is -3.88. The summed E-state index contributed by atoms with van der Waals surface area (Å²) in [5.74, 6) is 0. The lowest BCUT2D eigenvalue weighted by molar-refractivity contribution is 0.339. The average Bonchev–Trinajstić information content (AvgIpc) is 2.46. The van der Waals surface area contributed by atoms with Gasteiger partial charge in [0.2, 0.25) is 0 Å². The number of aromatic nitrogens is 1. The Balaban J connectivity index is 2.19. The summed E-state index contributed by atoms with van der Waals surface area (Å²) in [6.07, 6.45) is 3.20. The highest BCUT2D eigenvalue weighted by Crippen LogP contribution is 2.14. The van der Waals surface area contributed by atoms with Gasteiger partial charge in [-0.05, 0) is 38.1 Å². The Morgan fingerprint density at radius 2 is 1.70 bits per heavy atom. The Hall–Kier alpha value is -2.21. The van der Waals surface area contributed by atoms with Crippen molar-refractivity contribution in [1.82, 2.24) is 4.98 Å². The summed E-state index contributed by atoms with van der Waals surface area (Å²) in [5.41, 5.74) is 2.18. The van der Waals surface area contributed by atoms with Crippen molar-refractivity contribution in [3.8, 4) is 0 Å². The van der Waals surface area contributed by atoms with E-state index in [9.17, 15) is 8.42 Å². The lowest BCUT2D eigenvalue weighted by Gasteiger charge is -2.03. The second-order valence-electron chi connectivity index (χ2n) is 4.25. The van der Waals surface area contributed by atoms with Crippen LogP contribution in [0.15, 0.2) is 58.8 Å². The summed E-state index contributed by atoms with van der Waals surface area (Å²) in [4.78, 5) is 3.96. The van der Waals surface area contributed by atoms with Crippen LogP contribution < -0.4 is 0 Å². The molecule has 1 aromatic carbocycles. The van der Waals surface area contributed by atoms with Gasteiger partial charge in [-0.25, -0.2) is 0 Å². The van der Waals surface area contributed by atoms with Gasteiger partial charge in [0.15, 0.2) is 0 Å². The van der Waals surface area contributed by atoms with Crippen molar-refractivity contribution in [2.24, 2.45) is 5.16 Å². The highest BCUT2D eigenvalue weighted by molar-refractivity contribution is 7.86. The monoisotopic (exact) mass is 290 g/mol. The van der Waals surface area contributed by atoms with Crippen LogP contribution in [0.2, 0.25) is 0 Å². The van der Waals surface area contributed by atoms with Crippen molar-refractivity contribution in [2.75, 3.05) is 0 Å². The van der Waals surface area contributed by atoms with Gasteiger partial charge in [-0.2, -0.15) is 8.42 Å². The standard InChI is InChI=1S/C14H14N2O3S/c1-11-3-5-14(6-4-11)20(17,18)19-16-12(2)13-7-9-15-10-8-13/h3-10H,1-2H3. The van der Waals surface area contributed by atoms with Crippen LogP contribution in [0.3, 0.4) is 0 Å². The minimum Gasteiger partial charge on any atom is -0.265 e. The smallest absolute Gasteiger partial charge is 0.265 e. The lowest BCUT2D eigenvalue weighted by Crippen LogP contribution is -2.05. The van der Waals surface area contributed by atoms with E-state index in [1.165, 1.54) is 12.1 Å². The number of pyridine rings is 1. The quantitative estimate of drug-likeness (QED) is 0.641. The van der Waals surface area contributed by atoms with E-state index in [1.54, 1.807) is 43.6 Å². The minimum absolute atomic E-state index is 0.0781. The SMILES string of the molecule is CC(=NOS(=O)(=O)c1ccc(C)cc1)c1ccncc1. The molecule has 2 aromatic rings. The molecule has 0 atom stereocenters. The van der Waals surface area contributed by atoms with E-state index < -0.39 is 10.1 Å². The van der Waals surface area contributed by atoms with Crippen molar-refractivity contribution in [2.45, 2.75) is 18.7 Å². The molecule has 0 aliphatic rings. The van der Waals surface area contributed by atoms with Gasteiger partial charge in [-0.1, -0.05) is 22.9 Å². The second-order valence-corrected chi connectivity index (χ2v) is 5.78. The summed E-state index contributed by atoms with van der Waals surface area (Å²) in [6, 6.07) is 9.83. The number of hydrogen-bond donors (Lipinski definition) is 0. The summed E-state index contributed by atoms with van der Waals surface area (Å²) in [7, 11) is -3.88. The largest absolute Gasteiger partial charge is 0.358 e. The zero-order valence-electron chi connectivity index (χ0n) is 11.1.